The molecule has 3 unspecified atom stereocenters. The van der Waals surface area contributed by atoms with Crippen LogP contribution in [0.5, 0.6) is 5.75 Å². The van der Waals surface area contributed by atoms with Gasteiger partial charge in [-0.25, -0.2) is 0 Å². The summed E-state index contributed by atoms with van der Waals surface area (Å²) in [4.78, 5) is 25.3. The zero-order chi connectivity index (χ0) is 21.6. The van der Waals surface area contributed by atoms with Gasteiger partial charge in [-0.15, -0.1) is 0 Å². The minimum atomic E-state index is -4.35. The van der Waals surface area contributed by atoms with Gasteiger partial charge in [0.25, 0.3) is 5.91 Å². The van der Waals surface area contributed by atoms with Crippen molar-refractivity contribution in [1.82, 2.24) is 10.6 Å². The van der Waals surface area contributed by atoms with Crippen molar-refractivity contribution in [3.63, 3.8) is 0 Å². The zero-order valence-electron chi connectivity index (χ0n) is 17.0. The van der Waals surface area contributed by atoms with E-state index in [-0.39, 0.29) is 18.8 Å². The molecule has 1 aromatic carbocycles. The van der Waals surface area contributed by atoms with Crippen molar-refractivity contribution in [2.24, 2.45) is 11.8 Å². The molecule has 0 spiro atoms. The highest BCUT2D eigenvalue weighted by molar-refractivity contribution is 5.97. The van der Waals surface area contributed by atoms with Gasteiger partial charge in [-0.3, -0.25) is 9.59 Å². The Morgan fingerprint density at radius 1 is 1.14 bits per heavy atom. The molecule has 29 heavy (non-hydrogen) atoms. The molecule has 8 heteroatoms. The number of amides is 2. The summed E-state index contributed by atoms with van der Waals surface area (Å²) < 4.78 is 45.2. The predicted molar refractivity (Wildman–Crippen MR) is 104 cm³/mol. The monoisotopic (exact) mass is 414 g/mol. The van der Waals surface area contributed by atoms with Crippen LogP contribution in [0.3, 0.4) is 0 Å². The molecular formula is C21H29F3N2O3. The summed E-state index contributed by atoms with van der Waals surface area (Å²) >= 11 is 0. The first-order valence-electron chi connectivity index (χ1n) is 10.0. The van der Waals surface area contributed by atoms with Crippen LogP contribution in [0.25, 0.3) is 0 Å². The van der Waals surface area contributed by atoms with Crippen LogP contribution in [0, 0.1) is 11.8 Å². The predicted octanol–water partition coefficient (Wildman–Crippen LogP) is 4.08. The first kappa shape index (κ1) is 23.0. The SMILES string of the molecule is CCOc1ccc(C(=O)NC(C(=O)NC2CCCCC2C(F)(F)F)C(C)C)cc1. The molecule has 162 valence electrons. The topological polar surface area (TPSA) is 67.4 Å². The molecule has 1 fully saturated rings. The van der Waals surface area contributed by atoms with Crippen LogP contribution in [0.2, 0.25) is 0 Å². The Morgan fingerprint density at radius 3 is 2.31 bits per heavy atom. The maximum atomic E-state index is 13.3. The van der Waals surface area contributed by atoms with Crippen molar-refractivity contribution < 1.29 is 27.5 Å². The van der Waals surface area contributed by atoms with Gasteiger partial charge < -0.3 is 15.4 Å². The number of hydrogen-bond donors (Lipinski definition) is 2. The van der Waals surface area contributed by atoms with E-state index in [1.165, 1.54) is 0 Å². The van der Waals surface area contributed by atoms with E-state index < -0.39 is 36.0 Å². The summed E-state index contributed by atoms with van der Waals surface area (Å²) in [7, 11) is 0. The number of hydrogen-bond acceptors (Lipinski definition) is 3. The van der Waals surface area contributed by atoms with Gasteiger partial charge in [0.15, 0.2) is 0 Å². The standard InChI is InChI=1S/C21H29F3N2O3/c1-4-29-15-11-9-14(10-12-15)19(27)26-18(13(2)3)20(28)25-17-8-6-5-7-16(17)21(22,23)24/h9-13,16-18H,4-8H2,1-3H3,(H,25,28)(H,26,27). The fourth-order valence-electron chi connectivity index (χ4n) is 3.60. The van der Waals surface area contributed by atoms with Crippen molar-refractivity contribution in [3.8, 4) is 5.75 Å². The molecule has 2 amide bonds. The number of alkyl halides is 3. The molecule has 1 aromatic rings. The highest BCUT2D eigenvalue weighted by atomic mass is 19.4. The van der Waals surface area contributed by atoms with Crippen LogP contribution >= 0.6 is 0 Å². The first-order valence-corrected chi connectivity index (χ1v) is 10.0. The Morgan fingerprint density at radius 2 is 1.76 bits per heavy atom. The number of halogens is 3. The third kappa shape index (κ3) is 6.37. The van der Waals surface area contributed by atoms with Gasteiger partial charge in [-0.1, -0.05) is 26.7 Å². The largest absolute Gasteiger partial charge is 0.494 e. The lowest BCUT2D eigenvalue weighted by atomic mass is 9.83. The summed E-state index contributed by atoms with van der Waals surface area (Å²) in [6.07, 6.45) is -2.91. The van der Waals surface area contributed by atoms with Crippen LogP contribution in [0.1, 0.15) is 56.8 Å². The van der Waals surface area contributed by atoms with Crippen LogP contribution < -0.4 is 15.4 Å². The highest BCUT2D eigenvalue weighted by Crippen LogP contribution is 2.37. The Labute approximate surface area is 169 Å². The fraction of sp³-hybridized carbons (Fsp3) is 0.619. The maximum absolute atomic E-state index is 13.3. The van der Waals surface area contributed by atoms with Crippen molar-refractivity contribution in [1.29, 1.82) is 0 Å². The Balaban J connectivity index is 2.06. The normalized spacial score (nSPS) is 20.8. The number of nitrogens with one attached hydrogen (secondary N) is 2. The van der Waals surface area contributed by atoms with Gasteiger partial charge in [0.05, 0.1) is 12.5 Å². The van der Waals surface area contributed by atoms with Gasteiger partial charge in [-0.2, -0.15) is 13.2 Å². The summed E-state index contributed by atoms with van der Waals surface area (Å²) in [6.45, 7) is 5.83. The van der Waals surface area contributed by atoms with Gasteiger partial charge >= 0.3 is 6.18 Å². The van der Waals surface area contributed by atoms with E-state index in [1.54, 1.807) is 38.1 Å². The molecule has 0 heterocycles. The Bertz CT molecular complexity index is 689. The molecule has 1 aliphatic carbocycles. The third-order valence-electron chi connectivity index (χ3n) is 5.18. The molecule has 0 aromatic heterocycles. The quantitative estimate of drug-likeness (QED) is 0.707. The molecule has 3 atom stereocenters. The smallest absolute Gasteiger partial charge is 0.393 e. The van der Waals surface area contributed by atoms with E-state index in [4.69, 9.17) is 4.74 Å². The van der Waals surface area contributed by atoms with Gasteiger partial charge in [-0.05, 0) is 49.9 Å². The molecule has 5 nitrogen and oxygen atoms in total. The van der Waals surface area contributed by atoms with E-state index in [0.717, 1.165) is 0 Å². The van der Waals surface area contributed by atoms with E-state index in [1.807, 2.05) is 6.92 Å². The van der Waals surface area contributed by atoms with Gasteiger partial charge in [0.2, 0.25) is 5.91 Å². The average Bonchev–Trinajstić information content (AvgIpc) is 2.66. The molecular weight excluding hydrogens is 385 g/mol. The van der Waals surface area contributed by atoms with Crippen molar-refractivity contribution in [2.75, 3.05) is 6.61 Å². The van der Waals surface area contributed by atoms with Crippen molar-refractivity contribution in [2.45, 2.75) is 64.7 Å². The van der Waals surface area contributed by atoms with Gasteiger partial charge in [0.1, 0.15) is 11.8 Å². The van der Waals surface area contributed by atoms with E-state index >= 15 is 0 Å². The van der Waals surface area contributed by atoms with E-state index in [2.05, 4.69) is 10.6 Å². The van der Waals surface area contributed by atoms with Crippen LogP contribution in [-0.4, -0.2) is 36.7 Å². The first-order chi connectivity index (χ1) is 13.6. The molecule has 0 aliphatic heterocycles. The highest BCUT2D eigenvalue weighted by Gasteiger charge is 2.46. The average molecular weight is 414 g/mol. The number of ether oxygens (including phenoxy) is 1. The zero-order valence-corrected chi connectivity index (χ0v) is 17.0. The molecule has 1 aliphatic rings. The minimum Gasteiger partial charge on any atom is -0.494 e. The fourth-order valence-corrected chi connectivity index (χ4v) is 3.60. The molecule has 0 saturated heterocycles. The minimum absolute atomic E-state index is 0.0132. The molecule has 0 radical (unpaired) electrons. The summed E-state index contributed by atoms with van der Waals surface area (Å²) in [6, 6.07) is 4.58. The Kier molecular flexibility index (Phi) is 7.93. The number of rotatable bonds is 7. The maximum Gasteiger partial charge on any atom is 0.393 e. The molecule has 1 saturated carbocycles. The lowest BCUT2D eigenvalue weighted by molar-refractivity contribution is -0.189. The number of carbonyl (C=O) groups is 2. The number of benzene rings is 1. The second-order valence-corrected chi connectivity index (χ2v) is 7.70. The summed E-state index contributed by atoms with van der Waals surface area (Å²) in [5, 5.41) is 5.20. The number of carbonyl (C=O) groups excluding carboxylic acids is 2. The molecule has 0 bridgehead atoms. The van der Waals surface area contributed by atoms with Crippen LogP contribution in [0.15, 0.2) is 24.3 Å². The van der Waals surface area contributed by atoms with Crippen LogP contribution in [-0.2, 0) is 4.79 Å². The summed E-state index contributed by atoms with van der Waals surface area (Å²) in [5.41, 5.74) is 0.345. The lowest BCUT2D eigenvalue weighted by Gasteiger charge is -2.35. The Hall–Kier alpha value is -2.25. The van der Waals surface area contributed by atoms with E-state index in [9.17, 15) is 22.8 Å². The third-order valence-corrected chi connectivity index (χ3v) is 5.18. The van der Waals surface area contributed by atoms with E-state index in [0.29, 0.717) is 30.8 Å². The van der Waals surface area contributed by atoms with Crippen LogP contribution in [0.4, 0.5) is 13.2 Å². The van der Waals surface area contributed by atoms with Gasteiger partial charge in [0, 0.05) is 11.6 Å². The molecule has 2 N–H and O–H groups in total. The lowest BCUT2D eigenvalue weighted by Crippen LogP contribution is -2.55. The van der Waals surface area contributed by atoms with Crippen molar-refractivity contribution >= 4 is 11.8 Å². The molecule has 2 rings (SSSR count). The summed E-state index contributed by atoms with van der Waals surface area (Å²) in [5.74, 6) is -2.25. The second-order valence-electron chi connectivity index (χ2n) is 7.70. The van der Waals surface area contributed by atoms with Crippen molar-refractivity contribution in [3.05, 3.63) is 29.8 Å². The second kappa shape index (κ2) is 9.98.